The number of nitrogens with zero attached hydrogens (tertiary/aromatic N) is 1. The first kappa shape index (κ1) is 19.6. The van der Waals surface area contributed by atoms with Crippen LogP contribution in [0.2, 0.25) is 0 Å². The van der Waals surface area contributed by atoms with E-state index in [1.54, 1.807) is 0 Å². The smallest absolute Gasteiger partial charge is 0.407 e. The maximum absolute atomic E-state index is 12.2. The topological polar surface area (TPSA) is 41.6 Å². The lowest BCUT2D eigenvalue weighted by molar-refractivity contribution is 0.144. The van der Waals surface area contributed by atoms with E-state index in [1.165, 1.54) is 22.3 Å². The van der Waals surface area contributed by atoms with Gasteiger partial charge in [0.15, 0.2) is 0 Å². The van der Waals surface area contributed by atoms with E-state index in [0.29, 0.717) is 6.61 Å². The van der Waals surface area contributed by atoms with Gasteiger partial charge in [-0.25, -0.2) is 4.79 Å². The SMILES string of the molecule is CN(C)c1ccccc1C#CCNC(=O)OCC1c2ccccc2-c2ccccc21. The molecule has 1 aliphatic rings. The second-order valence-corrected chi connectivity index (χ2v) is 7.39. The number of ether oxygens (including phenoxy) is 1. The molecule has 0 heterocycles. The zero-order valence-electron chi connectivity index (χ0n) is 17.2. The van der Waals surface area contributed by atoms with Crippen LogP contribution < -0.4 is 10.2 Å². The summed E-state index contributed by atoms with van der Waals surface area (Å²) in [6, 6.07) is 24.5. The molecule has 0 atom stereocenters. The number of fused-ring (bicyclic) bond motifs is 3. The lowest BCUT2D eigenvalue weighted by atomic mass is 9.98. The predicted octanol–water partition coefficient (Wildman–Crippen LogP) is 4.64. The lowest BCUT2D eigenvalue weighted by Gasteiger charge is -2.14. The Morgan fingerprint density at radius 1 is 0.933 bits per heavy atom. The highest BCUT2D eigenvalue weighted by Crippen LogP contribution is 2.44. The molecule has 1 aliphatic carbocycles. The van der Waals surface area contributed by atoms with E-state index in [0.717, 1.165) is 11.3 Å². The van der Waals surface area contributed by atoms with E-state index in [2.05, 4.69) is 41.4 Å². The summed E-state index contributed by atoms with van der Waals surface area (Å²) in [5.41, 5.74) is 6.81. The number of hydrogen-bond donors (Lipinski definition) is 1. The van der Waals surface area contributed by atoms with Crippen LogP contribution in [0.5, 0.6) is 0 Å². The summed E-state index contributed by atoms with van der Waals surface area (Å²) in [5, 5.41) is 2.73. The van der Waals surface area contributed by atoms with Crippen molar-refractivity contribution < 1.29 is 9.53 Å². The molecular formula is C26H24N2O2. The van der Waals surface area contributed by atoms with Crippen LogP contribution in [-0.4, -0.2) is 33.3 Å². The summed E-state index contributed by atoms with van der Waals surface area (Å²) in [5.74, 6) is 6.17. The average molecular weight is 396 g/mol. The number of rotatable bonds is 4. The van der Waals surface area contributed by atoms with Gasteiger partial charge >= 0.3 is 6.09 Å². The highest BCUT2D eigenvalue weighted by atomic mass is 16.5. The molecule has 0 radical (unpaired) electrons. The largest absolute Gasteiger partial charge is 0.449 e. The number of alkyl carbamates (subject to hydrolysis) is 1. The second kappa shape index (κ2) is 8.75. The molecule has 1 amide bonds. The Morgan fingerprint density at radius 2 is 1.53 bits per heavy atom. The molecule has 30 heavy (non-hydrogen) atoms. The molecule has 3 aromatic rings. The van der Waals surface area contributed by atoms with Crippen LogP contribution in [0.1, 0.15) is 22.6 Å². The van der Waals surface area contributed by atoms with Gasteiger partial charge in [0.05, 0.1) is 12.2 Å². The van der Waals surface area contributed by atoms with Crippen LogP contribution >= 0.6 is 0 Å². The highest BCUT2D eigenvalue weighted by Gasteiger charge is 2.28. The van der Waals surface area contributed by atoms with Crippen molar-refractivity contribution in [2.75, 3.05) is 32.1 Å². The van der Waals surface area contributed by atoms with Gasteiger partial charge in [0.2, 0.25) is 0 Å². The van der Waals surface area contributed by atoms with Crippen molar-refractivity contribution in [3.63, 3.8) is 0 Å². The monoisotopic (exact) mass is 396 g/mol. The summed E-state index contributed by atoms with van der Waals surface area (Å²) in [6.45, 7) is 0.537. The van der Waals surface area contributed by atoms with Gasteiger partial charge in [-0.15, -0.1) is 0 Å². The zero-order valence-corrected chi connectivity index (χ0v) is 17.2. The van der Waals surface area contributed by atoms with E-state index in [9.17, 15) is 4.79 Å². The maximum Gasteiger partial charge on any atom is 0.407 e. The Bertz CT molecular complexity index is 1080. The van der Waals surface area contributed by atoms with Gasteiger partial charge in [-0.1, -0.05) is 72.5 Å². The van der Waals surface area contributed by atoms with Crippen LogP contribution in [0, 0.1) is 11.8 Å². The van der Waals surface area contributed by atoms with Gasteiger partial charge in [-0.2, -0.15) is 0 Å². The van der Waals surface area contributed by atoms with E-state index >= 15 is 0 Å². The van der Waals surface area contributed by atoms with Crippen molar-refractivity contribution in [1.29, 1.82) is 0 Å². The van der Waals surface area contributed by atoms with Gasteiger partial charge in [0.1, 0.15) is 6.61 Å². The Labute approximate surface area is 177 Å². The lowest BCUT2D eigenvalue weighted by Crippen LogP contribution is -2.26. The van der Waals surface area contributed by atoms with Crippen molar-refractivity contribution in [3.8, 4) is 23.0 Å². The minimum Gasteiger partial charge on any atom is -0.449 e. The van der Waals surface area contributed by atoms with Crippen LogP contribution in [0.15, 0.2) is 72.8 Å². The Kier molecular flexibility index (Phi) is 5.72. The standard InChI is InChI=1S/C26H24N2O2/c1-28(2)25-16-8-3-10-19(25)11-9-17-27-26(29)30-18-24-22-14-6-4-12-20(22)21-13-5-7-15-23(21)24/h3-8,10,12-16,24H,17-18H2,1-2H3,(H,27,29). The molecule has 0 unspecified atom stereocenters. The van der Waals surface area contributed by atoms with Crippen LogP contribution in [-0.2, 0) is 4.74 Å². The normalized spacial score (nSPS) is 11.7. The molecular weight excluding hydrogens is 372 g/mol. The van der Waals surface area contributed by atoms with Gasteiger partial charge in [0, 0.05) is 25.6 Å². The van der Waals surface area contributed by atoms with Crippen molar-refractivity contribution in [2.45, 2.75) is 5.92 Å². The van der Waals surface area contributed by atoms with Crippen molar-refractivity contribution in [3.05, 3.63) is 89.5 Å². The number of benzene rings is 3. The van der Waals surface area contributed by atoms with Gasteiger partial charge < -0.3 is 15.0 Å². The Morgan fingerprint density at radius 3 is 2.20 bits per heavy atom. The van der Waals surface area contributed by atoms with Crippen molar-refractivity contribution in [1.82, 2.24) is 5.32 Å². The summed E-state index contributed by atoms with van der Waals surface area (Å²) in [7, 11) is 3.96. The number of carbonyl (C=O) groups is 1. The van der Waals surface area contributed by atoms with Crippen LogP contribution in [0.3, 0.4) is 0 Å². The number of nitrogens with one attached hydrogen (secondary N) is 1. The summed E-state index contributed by atoms with van der Waals surface area (Å²) >= 11 is 0. The van der Waals surface area contributed by atoms with Crippen LogP contribution in [0.25, 0.3) is 11.1 Å². The quantitative estimate of drug-likeness (QED) is 0.653. The summed E-state index contributed by atoms with van der Waals surface area (Å²) < 4.78 is 5.53. The van der Waals surface area contributed by atoms with E-state index in [1.807, 2.05) is 67.5 Å². The number of anilines is 1. The molecule has 4 rings (SSSR count). The van der Waals surface area contributed by atoms with Gasteiger partial charge in [-0.3, -0.25) is 0 Å². The van der Waals surface area contributed by atoms with Crippen molar-refractivity contribution in [2.24, 2.45) is 0 Å². The molecule has 0 aliphatic heterocycles. The first-order valence-electron chi connectivity index (χ1n) is 9.99. The molecule has 150 valence electrons. The second-order valence-electron chi connectivity index (χ2n) is 7.39. The third-order valence-corrected chi connectivity index (χ3v) is 5.27. The number of para-hydroxylation sites is 1. The molecule has 0 fully saturated rings. The first-order valence-corrected chi connectivity index (χ1v) is 9.99. The van der Waals surface area contributed by atoms with Crippen molar-refractivity contribution >= 4 is 11.8 Å². The summed E-state index contributed by atoms with van der Waals surface area (Å²) in [6.07, 6.45) is -0.452. The number of hydrogen-bond acceptors (Lipinski definition) is 3. The Hall–Kier alpha value is -3.71. The van der Waals surface area contributed by atoms with Gasteiger partial charge in [0.25, 0.3) is 0 Å². The highest BCUT2D eigenvalue weighted by molar-refractivity contribution is 5.79. The molecule has 0 saturated heterocycles. The fraction of sp³-hybridized carbons (Fsp3) is 0.192. The molecule has 0 spiro atoms. The van der Waals surface area contributed by atoms with Crippen LogP contribution in [0.4, 0.5) is 10.5 Å². The third kappa shape index (κ3) is 4.01. The maximum atomic E-state index is 12.2. The molecule has 3 aromatic carbocycles. The average Bonchev–Trinajstić information content (AvgIpc) is 3.09. The molecule has 0 aromatic heterocycles. The fourth-order valence-electron chi connectivity index (χ4n) is 3.87. The zero-order chi connectivity index (χ0) is 20.9. The first-order chi connectivity index (χ1) is 14.6. The minimum atomic E-state index is -0.452. The summed E-state index contributed by atoms with van der Waals surface area (Å²) in [4.78, 5) is 14.2. The molecule has 1 N–H and O–H groups in total. The molecule has 4 heteroatoms. The predicted molar refractivity (Wildman–Crippen MR) is 121 cm³/mol. The molecule has 4 nitrogen and oxygen atoms in total. The van der Waals surface area contributed by atoms with E-state index < -0.39 is 6.09 Å². The molecule has 0 bridgehead atoms. The third-order valence-electron chi connectivity index (χ3n) is 5.27. The number of carbonyl (C=O) groups excluding carboxylic acids is 1. The molecule has 0 saturated carbocycles. The Balaban J connectivity index is 1.36. The minimum absolute atomic E-state index is 0.0567. The van der Waals surface area contributed by atoms with Gasteiger partial charge in [-0.05, 0) is 34.4 Å². The van der Waals surface area contributed by atoms with E-state index in [4.69, 9.17) is 4.74 Å². The number of amides is 1. The van der Waals surface area contributed by atoms with E-state index in [-0.39, 0.29) is 12.5 Å². The fourth-order valence-corrected chi connectivity index (χ4v) is 3.87.